The molecule has 9 nitrogen and oxygen atoms in total. The van der Waals surface area contributed by atoms with E-state index >= 15 is 0 Å². The molecule has 10 heteroatoms. The molecule has 2 heterocycles. The average Bonchev–Trinajstić information content (AvgIpc) is 3.15. The van der Waals surface area contributed by atoms with E-state index in [0.29, 0.717) is 25.3 Å². The third-order valence-electron chi connectivity index (χ3n) is 5.78. The molecule has 0 aromatic carbocycles. The zero-order valence-corrected chi connectivity index (χ0v) is 17.7. The van der Waals surface area contributed by atoms with Gasteiger partial charge in [-0.2, -0.15) is 0 Å². The van der Waals surface area contributed by atoms with E-state index in [-0.39, 0.29) is 30.1 Å². The minimum atomic E-state index is -3.80. The molecule has 29 heavy (non-hydrogen) atoms. The summed E-state index contributed by atoms with van der Waals surface area (Å²) in [6.45, 7) is 0.386. The molecule has 1 saturated carbocycles. The largest absolute Gasteiger partial charge is 0.394 e. The number of aliphatic hydroxyl groups is 1. The van der Waals surface area contributed by atoms with Crippen LogP contribution in [0.4, 0.5) is 0 Å². The maximum Gasteiger partial charge on any atom is 0.259 e. The smallest absolute Gasteiger partial charge is 0.259 e. The van der Waals surface area contributed by atoms with Crippen molar-refractivity contribution in [2.75, 3.05) is 13.2 Å². The molecule has 2 aliphatic rings. The fourth-order valence-corrected chi connectivity index (χ4v) is 5.41. The number of aliphatic hydroxyl groups excluding tert-OH is 1. The Labute approximate surface area is 172 Å². The zero-order chi connectivity index (χ0) is 20.9. The molecule has 1 aliphatic carbocycles. The second kappa shape index (κ2) is 10.0. The summed E-state index contributed by atoms with van der Waals surface area (Å²) >= 11 is 0. The number of nitrogens with one attached hydrogen (secondary N) is 2. The first-order chi connectivity index (χ1) is 13.9. The van der Waals surface area contributed by atoms with Gasteiger partial charge in [-0.25, -0.2) is 18.1 Å². The van der Waals surface area contributed by atoms with E-state index in [9.17, 15) is 18.3 Å². The van der Waals surface area contributed by atoms with E-state index in [0.717, 1.165) is 0 Å². The van der Waals surface area contributed by atoms with Crippen LogP contribution in [0, 0.1) is 5.92 Å². The molecule has 0 bridgehead atoms. The van der Waals surface area contributed by atoms with Crippen molar-refractivity contribution in [3.05, 3.63) is 12.5 Å². The number of sulfonamides is 1. The third-order valence-corrected chi connectivity index (χ3v) is 7.16. The first-order valence-corrected chi connectivity index (χ1v) is 11.9. The minimum absolute atomic E-state index is 0.0511. The number of amides is 1. The van der Waals surface area contributed by atoms with Gasteiger partial charge in [0.15, 0.2) is 5.03 Å². The van der Waals surface area contributed by atoms with Crippen molar-refractivity contribution in [2.24, 2.45) is 13.0 Å². The highest BCUT2D eigenvalue weighted by Crippen LogP contribution is 2.24. The lowest BCUT2D eigenvalue weighted by Crippen LogP contribution is -2.51. The van der Waals surface area contributed by atoms with Gasteiger partial charge in [-0.3, -0.25) is 4.79 Å². The molecule has 164 valence electrons. The van der Waals surface area contributed by atoms with Crippen LogP contribution in [0.15, 0.2) is 17.6 Å². The fraction of sp³-hybridized carbons (Fsp3) is 0.789. The summed E-state index contributed by atoms with van der Waals surface area (Å²) in [5.74, 6) is 0.514. The maximum atomic E-state index is 12.5. The number of imidazole rings is 1. The van der Waals surface area contributed by atoms with Crippen molar-refractivity contribution in [3.63, 3.8) is 0 Å². The number of hydrogen-bond donors (Lipinski definition) is 3. The highest BCUT2D eigenvalue weighted by atomic mass is 32.2. The molecule has 1 saturated heterocycles. The van der Waals surface area contributed by atoms with Crippen LogP contribution in [0.5, 0.6) is 0 Å². The Bertz CT molecular complexity index is 775. The van der Waals surface area contributed by atoms with Crippen LogP contribution in [0.1, 0.15) is 51.4 Å². The molecule has 0 spiro atoms. The lowest BCUT2D eigenvalue weighted by Gasteiger charge is -2.35. The molecule has 1 aromatic heterocycles. The second-order valence-corrected chi connectivity index (χ2v) is 9.83. The van der Waals surface area contributed by atoms with Gasteiger partial charge in [0.05, 0.1) is 37.6 Å². The molecule has 1 aromatic rings. The predicted molar refractivity (Wildman–Crippen MR) is 107 cm³/mol. The highest BCUT2D eigenvalue weighted by Gasteiger charge is 2.35. The molecule has 1 aliphatic heterocycles. The normalized spacial score (nSPS) is 26.3. The van der Waals surface area contributed by atoms with E-state index < -0.39 is 22.2 Å². The van der Waals surface area contributed by atoms with E-state index in [1.807, 2.05) is 0 Å². The van der Waals surface area contributed by atoms with Crippen LogP contribution in [0.3, 0.4) is 0 Å². The quantitative estimate of drug-likeness (QED) is 0.560. The molecule has 0 radical (unpaired) electrons. The van der Waals surface area contributed by atoms with Gasteiger partial charge in [0.1, 0.15) is 0 Å². The molecule has 3 N–H and O–H groups in total. The Hall–Kier alpha value is -1.49. The Morgan fingerprint density at radius 2 is 2.03 bits per heavy atom. The van der Waals surface area contributed by atoms with Gasteiger partial charge >= 0.3 is 0 Å². The van der Waals surface area contributed by atoms with Crippen molar-refractivity contribution < 1.29 is 23.1 Å². The van der Waals surface area contributed by atoms with Gasteiger partial charge in [0.25, 0.3) is 10.0 Å². The summed E-state index contributed by atoms with van der Waals surface area (Å²) in [7, 11) is -2.11. The van der Waals surface area contributed by atoms with Crippen LogP contribution in [0.2, 0.25) is 0 Å². The molecule has 0 unspecified atom stereocenters. The lowest BCUT2D eigenvalue weighted by atomic mass is 9.89. The summed E-state index contributed by atoms with van der Waals surface area (Å²) in [6, 6.07) is -0.562. The third kappa shape index (κ3) is 6.24. The summed E-state index contributed by atoms with van der Waals surface area (Å²) < 4.78 is 34.9. The summed E-state index contributed by atoms with van der Waals surface area (Å²) in [4.78, 5) is 16.1. The zero-order valence-electron chi connectivity index (χ0n) is 16.9. The standard InChI is InChI=1S/C19H32N4O5S/c1-23-11-19(21-13-23)29(26,27)22-16-8-7-15(28-17(16)12-24)9-18(25)20-10-14-5-3-2-4-6-14/h11,13-17,22,24H,2-10,12H2,1H3,(H,20,25)/t15-,16+,17-/m0/s1. The Morgan fingerprint density at radius 1 is 1.28 bits per heavy atom. The average molecular weight is 429 g/mol. The molecule has 3 rings (SSSR count). The van der Waals surface area contributed by atoms with E-state index in [2.05, 4.69) is 15.0 Å². The fourth-order valence-electron chi connectivity index (χ4n) is 4.13. The monoisotopic (exact) mass is 428 g/mol. The molecular weight excluding hydrogens is 396 g/mol. The van der Waals surface area contributed by atoms with Crippen LogP contribution in [-0.2, 0) is 26.6 Å². The summed E-state index contributed by atoms with van der Waals surface area (Å²) in [6.07, 6.45) is 9.16. The number of aryl methyl sites for hydroxylation is 1. The Kier molecular flexibility index (Phi) is 7.66. The number of aromatic nitrogens is 2. The Balaban J connectivity index is 1.48. The SMILES string of the molecule is Cn1cnc(S(=O)(=O)N[C@@H]2CC[C@@H](CC(=O)NCC3CCCCC3)O[C@H]2CO)c1. The van der Waals surface area contributed by atoms with Gasteiger partial charge in [-0.1, -0.05) is 19.3 Å². The van der Waals surface area contributed by atoms with Crippen molar-refractivity contribution in [3.8, 4) is 0 Å². The van der Waals surface area contributed by atoms with Gasteiger partial charge in [-0.05, 0) is 31.6 Å². The first kappa shape index (κ1) is 22.2. The molecular formula is C19H32N4O5S. The van der Waals surface area contributed by atoms with Crippen LogP contribution in [0.25, 0.3) is 0 Å². The Morgan fingerprint density at radius 3 is 2.69 bits per heavy atom. The lowest BCUT2D eigenvalue weighted by molar-refractivity contribution is -0.130. The van der Waals surface area contributed by atoms with Gasteiger partial charge in [0, 0.05) is 19.8 Å². The second-order valence-electron chi connectivity index (χ2n) is 8.17. The number of rotatable bonds is 8. The predicted octanol–water partition coefficient (Wildman–Crippen LogP) is 0.694. The first-order valence-electron chi connectivity index (χ1n) is 10.4. The number of carbonyl (C=O) groups is 1. The molecule has 3 atom stereocenters. The molecule has 1 amide bonds. The van der Waals surface area contributed by atoms with Crippen molar-refractivity contribution in [2.45, 2.75) is 74.6 Å². The van der Waals surface area contributed by atoms with Crippen LogP contribution in [-0.4, -0.2) is 60.4 Å². The highest BCUT2D eigenvalue weighted by molar-refractivity contribution is 7.89. The molecule has 2 fully saturated rings. The van der Waals surface area contributed by atoms with Gasteiger partial charge in [0.2, 0.25) is 5.91 Å². The number of nitrogens with zero attached hydrogens (tertiary/aromatic N) is 2. The van der Waals surface area contributed by atoms with Crippen molar-refractivity contribution in [1.29, 1.82) is 0 Å². The van der Waals surface area contributed by atoms with E-state index in [1.54, 1.807) is 11.6 Å². The van der Waals surface area contributed by atoms with E-state index in [4.69, 9.17) is 4.74 Å². The minimum Gasteiger partial charge on any atom is -0.394 e. The number of carbonyl (C=O) groups excluding carboxylic acids is 1. The van der Waals surface area contributed by atoms with Crippen LogP contribution < -0.4 is 10.0 Å². The van der Waals surface area contributed by atoms with Crippen LogP contribution >= 0.6 is 0 Å². The van der Waals surface area contributed by atoms with Crippen molar-refractivity contribution >= 4 is 15.9 Å². The van der Waals surface area contributed by atoms with Gasteiger partial charge < -0.3 is 19.7 Å². The number of ether oxygens (including phenoxy) is 1. The maximum absolute atomic E-state index is 12.5. The number of hydrogen-bond acceptors (Lipinski definition) is 6. The topological polar surface area (TPSA) is 123 Å². The summed E-state index contributed by atoms with van der Waals surface area (Å²) in [5.41, 5.74) is 0. The van der Waals surface area contributed by atoms with Crippen molar-refractivity contribution in [1.82, 2.24) is 19.6 Å². The summed E-state index contributed by atoms with van der Waals surface area (Å²) in [5, 5.41) is 12.6. The van der Waals surface area contributed by atoms with E-state index in [1.165, 1.54) is 44.6 Å². The van der Waals surface area contributed by atoms with Gasteiger partial charge in [-0.15, -0.1) is 0 Å².